The molecule has 0 aliphatic heterocycles. The van der Waals surface area contributed by atoms with E-state index in [1.165, 1.54) is 14.0 Å². The van der Waals surface area contributed by atoms with Crippen molar-refractivity contribution in [2.24, 2.45) is 0 Å². The van der Waals surface area contributed by atoms with Gasteiger partial charge < -0.3 is 14.5 Å². The second kappa shape index (κ2) is 7.12. The molecule has 0 bridgehead atoms. The van der Waals surface area contributed by atoms with E-state index >= 15 is 0 Å². The number of Topliss-reactive ketones (excluding diaryl/α,β-unsaturated/α-hetero) is 2. The second-order valence-electron chi connectivity index (χ2n) is 5.41. The Kier molecular flexibility index (Phi) is 5.18. The van der Waals surface area contributed by atoms with Crippen molar-refractivity contribution in [3.05, 3.63) is 52.3 Å². The summed E-state index contributed by atoms with van der Waals surface area (Å²) in [5.74, 6) is -0.310. The molecule has 0 saturated carbocycles. The van der Waals surface area contributed by atoms with Gasteiger partial charge in [-0.05, 0) is 50.6 Å². The molecule has 24 heavy (non-hydrogen) atoms. The zero-order valence-corrected chi connectivity index (χ0v) is 14.1. The van der Waals surface area contributed by atoms with Crippen molar-refractivity contribution in [2.75, 3.05) is 13.7 Å². The van der Waals surface area contributed by atoms with E-state index in [4.69, 9.17) is 9.47 Å². The van der Waals surface area contributed by atoms with E-state index in [-0.39, 0.29) is 18.2 Å². The number of aromatic nitrogens is 1. The van der Waals surface area contributed by atoms with Crippen LogP contribution in [0.5, 0.6) is 5.75 Å². The second-order valence-corrected chi connectivity index (χ2v) is 5.41. The van der Waals surface area contributed by atoms with Crippen molar-refractivity contribution in [1.82, 2.24) is 4.98 Å². The van der Waals surface area contributed by atoms with Crippen LogP contribution < -0.4 is 4.74 Å². The summed E-state index contributed by atoms with van der Waals surface area (Å²) >= 11 is 0. The molecule has 0 amide bonds. The van der Waals surface area contributed by atoms with E-state index in [0.717, 1.165) is 0 Å². The topological polar surface area (TPSA) is 85.5 Å². The minimum absolute atomic E-state index is 0.0366. The first-order valence-corrected chi connectivity index (χ1v) is 7.39. The van der Waals surface area contributed by atoms with E-state index in [0.29, 0.717) is 33.8 Å². The molecule has 0 fully saturated rings. The number of benzene rings is 1. The first-order valence-electron chi connectivity index (χ1n) is 7.39. The highest BCUT2D eigenvalue weighted by Crippen LogP contribution is 2.20. The molecule has 2 rings (SSSR count). The summed E-state index contributed by atoms with van der Waals surface area (Å²) < 4.78 is 10.2. The molecule has 1 heterocycles. The van der Waals surface area contributed by atoms with Crippen molar-refractivity contribution in [2.45, 2.75) is 20.8 Å². The molecule has 1 N–H and O–H groups in total. The van der Waals surface area contributed by atoms with Gasteiger partial charge in [0.05, 0.1) is 18.4 Å². The lowest BCUT2D eigenvalue weighted by atomic mass is 10.1. The Hall–Kier alpha value is -2.89. The smallest absolute Gasteiger partial charge is 0.339 e. The molecular formula is C18H19NO5. The van der Waals surface area contributed by atoms with Crippen molar-refractivity contribution < 1.29 is 23.9 Å². The molecule has 0 saturated heterocycles. The first-order chi connectivity index (χ1) is 11.3. The zero-order valence-electron chi connectivity index (χ0n) is 14.1. The van der Waals surface area contributed by atoms with E-state index < -0.39 is 5.97 Å². The molecule has 126 valence electrons. The molecule has 6 heteroatoms. The lowest BCUT2D eigenvalue weighted by Crippen LogP contribution is -2.13. The molecule has 2 aromatic rings. The number of methoxy groups -OCH3 is 1. The van der Waals surface area contributed by atoms with Crippen LogP contribution in [0.2, 0.25) is 0 Å². The maximum Gasteiger partial charge on any atom is 0.339 e. The van der Waals surface area contributed by atoms with Crippen LogP contribution >= 0.6 is 0 Å². The number of aryl methyl sites for hydroxylation is 1. The summed E-state index contributed by atoms with van der Waals surface area (Å²) in [5.41, 5.74) is 2.39. The van der Waals surface area contributed by atoms with Gasteiger partial charge in [0.15, 0.2) is 12.4 Å². The standard InChI is InChI=1S/C18H19NO5/c1-10-16(18(22)23-4)11(2)19-17(10)15(21)9-24-14-7-5-13(6-8-14)12(3)20/h5-8,19H,9H2,1-4H3. The number of ether oxygens (including phenoxy) is 2. The predicted octanol–water partition coefficient (Wildman–Crippen LogP) is 2.88. The first kappa shape index (κ1) is 17.5. The van der Waals surface area contributed by atoms with Gasteiger partial charge in [0.2, 0.25) is 5.78 Å². The summed E-state index contributed by atoms with van der Waals surface area (Å²) in [4.78, 5) is 38.2. The summed E-state index contributed by atoms with van der Waals surface area (Å²) in [6.07, 6.45) is 0. The van der Waals surface area contributed by atoms with Gasteiger partial charge in [-0.2, -0.15) is 0 Å². The normalized spacial score (nSPS) is 10.3. The van der Waals surface area contributed by atoms with Crippen LogP contribution in [0, 0.1) is 13.8 Å². The van der Waals surface area contributed by atoms with E-state index in [2.05, 4.69) is 4.98 Å². The predicted molar refractivity (Wildman–Crippen MR) is 87.9 cm³/mol. The SMILES string of the molecule is COC(=O)c1c(C)[nH]c(C(=O)COc2ccc(C(C)=O)cc2)c1C. The Morgan fingerprint density at radius 1 is 1.08 bits per heavy atom. The lowest BCUT2D eigenvalue weighted by Gasteiger charge is -2.06. The fourth-order valence-corrected chi connectivity index (χ4v) is 2.44. The summed E-state index contributed by atoms with van der Waals surface area (Å²) in [5, 5.41) is 0. The van der Waals surface area contributed by atoms with E-state index in [1.54, 1.807) is 38.1 Å². The number of carbonyl (C=O) groups excluding carboxylic acids is 3. The third kappa shape index (κ3) is 3.53. The lowest BCUT2D eigenvalue weighted by molar-refractivity contribution is 0.0599. The minimum atomic E-state index is -0.485. The fourth-order valence-electron chi connectivity index (χ4n) is 2.44. The Balaban J connectivity index is 2.10. The van der Waals surface area contributed by atoms with Crippen molar-refractivity contribution in [3.8, 4) is 5.75 Å². The Morgan fingerprint density at radius 2 is 1.71 bits per heavy atom. The number of nitrogens with one attached hydrogen (secondary N) is 1. The number of esters is 1. The third-order valence-corrected chi connectivity index (χ3v) is 3.74. The van der Waals surface area contributed by atoms with Gasteiger partial charge >= 0.3 is 5.97 Å². The van der Waals surface area contributed by atoms with Crippen molar-refractivity contribution in [3.63, 3.8) is 0 Å². The van der Waals surface area contributed by atoms with Crippen LogP contribution in [0.1, 0.15) is 49.4 Å². The van der Waals surface area contributed by atoms with Gasteiger partial charge in [-0.3, -0.25) is 9.59 Å². The number of hydrogen-bond acceptors (Lipinski definition) is 5. The molecule has 1 aromatic heterocycles. The van der Waals surface area contributed by atoms with Crippen LogP contribution in [-0.4, -0.2) is 36.2 Å². The van der Waals surface area contributed by atoms with Crippen LogP contribution in [0.25, 0.3) is 0 Å². The number of ketones is 2. The number of H-pyrrole nitrogens is 1. The summed E-state index contributed by atoms with van der Waals surface area (Å²) in [6.45, 7) is 4.69. The maximum atomic E-state index is 12.3. The highest BCUT2D eigenvalue weighted by atomic mass is 16.5. The van der Waals surface area contributed by atoms with Crippen molar-refractivity contribution >= 4 is 17.5 Å². The van der Waals surface area contributed by atoms with Crippen LogP contribution in [0.4, 0.5) is 0 Å². The number of aromatic amines is 1. The Labute approximate surface area is 139 Å². The van der Waals surface area contributed by atoms with E-state index in [1.807, 2.05) is 0 Å². The van der Waals surface area contributed by atoms with Gasteiger partial charge in [-0.1, -0.05) is 0 Å². The number of rotatable bonds is 6. The highest BCUT2D eigenvalue weighted by Gasteiger charge is 2.22. The van der Waals surface area contributed by atoms with Gasteiger partial charge in [-0.25, -0.2) is 4.79 Å². The van der Waals surface area contributed by atoms with Crippen LogP contribution in [0.15, 0.2) is 24.3 Å². The monoisotopic (exact) mass is 329 g/mol. The average molecular weight is 329 g/mol. The molecule has 0 spiro atoms. The molecule has 0 aliphatic carbocycles. The van der Waals surface area contributed by atoms with Crippen molar-refractivity contribution in [1.29, 1.82) is 0 Å². The molecule has 6 nitrogen and oxygen atoms in total. The largest absolute Gasteiger partial charge is 0.485 e. The Morgan fingerprint density at radius 3 is 2.25 bits per heavy atom. The van der Waals surface area contributed by atoms with Gasteiger partial charge in [0.1, 0.15) is 5.75 Å². The van der Waals surface area contributed by atoms with Crippen LogP contribution in [-0.2, 0) is 4.74 Å². The zero-order chi connectivity index (χ0) is 17.9. The quantitative estimate of drug-likeness (QED) is 0.650. The molecule has 0 atom stereocenters. The molecule has 0 radical (unpaired) electrons. The maximum absolute atomic E-state index is 12.3. The van der Waals surface area contributed by atoms with Gasteiger partial charge in [-0.15, -0.1) is 0 Å². The summed E-state index contributed by atoms with van der Waals surface area (Å²) in [7, 11) is 1.30. The van der Waals surface area contributed by atoms with Gasteiger partial charge in [0, 0.05) is 11.3 Å². The fraction of sp³-hybridized carbons (Fsp3) is 0.278. The molecule has 0 unspecified atom stereocenters. The van der Waals surface area contributed by atoms with E-state index in [9.17, 15) is 14.4 Å². The highest BCUT2D eigenvalue weighted by molar-refractivity contribution is 6.02. The molecule has 1 aromatic carbocycles. The average Bonchev–Trinajstić information content (AvgIpc) is 2.87. The molecular weight excluding hydrogens is 310 g/mol. The minimum Gasteiger partial charge on any atom is -0.485 e. The molecule has 0 aliphatic rings. The Bertz CT molecular complexity index is 786. The summed E-state index contributed by atoms with van der Waals surface area (Å²) in [6, 6.07) is 6.55. The third-order valence-electron chi connectivity index (χ3n) is 3.74. The van der Waals surface area contributed by atoms with Crippen LogP contribution in [0.3, 0.4) is 0 Å². The number of hydrogen-bond donors (Lipinski definition) is 1. The number of carbonyl (C=O) groups is 3. The van der Waals surface area contributed by atoms with Gasteiger partial charge in [0.25, 0.3) is 0 Å².